The van der Waals surface area contributed by atoms with Crippen molar-refractivity contribution in [1.29, 1.82) is 0 Å². The third-order valence-electron chi connectivity index (χ3n) is 2.85. The van der Waals surface area contributed by atoms with E-state index in [1.807, 2.05) is 18.2 Å². The standard InChI is InChI=1S/C15H14BrClN2O2S/c1-9(20)18-8-12-4-5-14(22-12)15(21)19-7-10-2-3-11(16)6-13(10)17/h2-6H,7-8H2,1H3,(H,18,20)(H,19,21). The lowest BCUT2D eigenvalue weighted by atomic mass is 10.2. The second-order valence-corrected chi connectivity index (χ2v) is 7.09. The minimum absolute atomic E-state index is 0.0933. The van der Waals surface area contributed by atoms with Gasteiger partial charge in [-0.05, 0) is 29.8 Å². The average molecular weight is 402 g/mol. The molecule has 2 N–H and O–H groups in total. The van der Waals surface area contributed by atoms with Crippen molar-refractivity contribution < 1.29 is 9.59 Å². The Morgan fingerprint density at radius 2 is 1.95 bits per heavy atom. The van der Waals surface area contributed by atoms with Crippen molar-refractivity contribution in [3.05, 3.63) is 55.1 Å². The molecule has 0 spiro atoms. The second kappa shape index (κ2) is 7.76. The average Bonchev–Trinajstić information content (AvgIpc) is 2.93. The summed E-state index contributed by atoms with van der Waals surface area (Å²) in [5, 5.41) is 6.14. The summed E-state index contributed by atoms with van der Waals surface area (Å²) in [4.78, 5) is 24.5. The van der Waals surface area contributed by atoms with Crippen LogP contribution in [0.5, 0.6) is 0 Å². The SMILES string of the molecule is CC(=O)NCc1ccc(C(=O)NCc2ccc(Br)cc2Cl)s1. The lowest BCUT2D eigenvalue weighted by Crippen LogP contribution is -2.22. The molecule has 0 aliphatic heterocycles. The Balaban J connectivity index is 1.93. The largest absolute Gasteiger partial charge is 0.351 e. The van der Waals surface area contributed by atoms with Crippen LogP contribution < -0.4 is 10.6 Å². The summed E-state index contributed by atoms with van der Waals surface area (Å²) in [6.45, 7) is 2.26. The van der Waals surface area contributed by atoms with Crippen LogP contribution in [0.3, 0.4) is 0 Å². The first-order chi connectivity index (χ1) is 10.5. The maximum atomic E-state index is 12.1. The molecule has 0 aliphatic rings. The molecule has 0 saturated heterocycles. The van der Waals surface area contributed by atoms with Gasteiger partial charge in [0, 0.05) is 27.8 Å². The van der Waals surface area contributed by atoms with Crippen molar-refractivity contribution in [2.75, 3.05) is 0 Å². The molecule has 2 amide bonds. The Morgan fingerprint density at radius 3 is 2.64 bits per heavy atom. The van der Waals surface area contributed by atoms with Crippen LogP contribution in [0.15, 0.2) is 34.8 Å². The van der Waals surface area contributed by atoms with E-state index in [0.29, 0.717) is 23.0 Å². The fourth-order valence-corrected chi connectivity index (χ4v) is 3.34. The van der Waals surface area contributed by atoms with Crippen LogP contribution in [0, 0.1) is 0 Å². The van der Waals surface area contributed by atoms with E-state index < -0.39 is 0 Å². The molecule has 0 saturated carbocycles. The molecule has 0 fully saturated rings. The smallest absolute Gasteiger partial charge is 0.261 e. The van der Waals surface area contributed by atoms with Gasteiger partial charge in [-0.2, -0.15) is 0 Å². The summed E-state index contributed by atoms with van der Waals surface area (Å²) in [5.74, 6) is -0.248. The van der Waals surface area contributed by atoms with Crippen LogP contribution >= 0.6 is 38.9 Å². The van der Waals surface area contributed by atoms with E-state index in [-0.39, 0.29) is 11.8 Å². The molecule has 1 aromatic carbocycles. The molecule has 22 heavy (non-hydrogen) atoms. The van der Waals surface area contributed by atoms with Gasteiger partial charge in [0.25, 0.3) is 5.91 Å². The first kappa shape index (κ1) is 17.0. The van der Waals surface area contributed by atoms with E-state index >= 15 is 0 Å². The fraction of sp³-hybridized carbons (Fsp3) is 0.200. The number of hydrogen-bond acceptors (Lipinski definition) is 3. The summed E-state index contributed by atoms with van der Waals surface area (Å²) < 4.78 is 0.897. The lowest BCUT2D eigenvalue weighted by Gasteiger charge is -2.06. The van der Waals surface area contributed by atoms with Crippen LogP contribution in [-0.2, 0) is 17.9 Å². The molecule has 1 heterocycles. The van der Waals surface area contributed by atoms with Crippen LogP contribution in [0.25, 0.3) is 0 Å². The number of carbonyl (C=O) groups is 2. The van der Waals surface area contributed by atoms with E-state index in [2.05, 4.69) is 26.6 Å². The van der Waals surface area contributed by atoms with Gasteiger partial charge in [0.2, 0.25) is 5.91 Å². The molecular formula is C15H14BrClN2O2S. The van der Waals surface area contributed by atoms with Crippen LogP contribution in [-0.4, -0.2) is 11.8 Å². The quantitative estimate of drug-likeness (QED) is 0.802. The summed E-state index contributed by atoms with van der Waals surface area (Å²) >= 11 is 10.8. The normalized spacial score (nSPS) is 10.3. The van der Waals surface area contributed by atoms with Gasteiger partial charge in [0.05, 0.1) is 11.4 Å². The van der Waals surface area contributed by atoms with Gasteiger partial charge in [0.15, 0.2) is 0 Å². The molecule has 0 unspecified atom stereocenters. The van der Waals surface area contributed by atoms with Crippen molar-refractivity contribution in [3.8, 4) is 0 Å². The number of halogens is 2. The van der Waals surface area contributed by atoms with Crippen molar-refractivity contribution in [1.82, 2.24) is 10.6 Å². The third-order valence-corrected chi connectivity index (χ3v) is 4.78. The Morgan fingerprint density at radius 1 is 1.18 bits per heavy atom. The van der Waals surface area contributed by atoms with Gasteiger partial charge in [-0.1, -0.05) is 33.6 Å². The molecule has 0 aliphatic carbocycles. The summed E-state index contributed by atoms with van der Waals surface area (Å²) in [7, 11) is 0. The molecule has 4 nitrogen and oxygen atoms in total. The molecule has 0 radical (unpaired) electrons. The van der Waals surface area contributed by atoms with Crippen molar-refractivity contribution in [2.45, 2.75) is 20.0 Å². The van der Waals surface area contributed by atoms with Gasteiger partial charge < -0.3 is 10.6 Å². The van der Waals surface area contributed by atoms with Crippen molar-refractivity contribution in [2.24, 2.45) is 0 Å². The Kier molecular flexibility index (Phi) is 5.99. The van der Waals surface area contributed by atoms with Crippen molar-refractivity contribution >= 4 is 50.7 Å². The Hall–Kier alpha value is -1.37. The van der Waals surface area contributed by atoms with Crippen LogP contribution in [0.1, 0.15) is 27.0 Å². The Bertz CT molecular complexity index is 703. The first-order valence-corrected chi connectivity index (χ1v) is 8.49. The summed E-state index contributed by atoms with van der Waals surface area (Å²) in [5.41, 5.74) is 0.855. The molecule has 7 heteroatoms. The molecule has 2 rings (SSSR count). The Labute approximate surface area is 146 Å². The van der Waals surface area contributed by atoms with Crippen molar-refractivity contribution in [3.63, 3.8) is 0 Å². The molecule has 1 aromatic heterocycles. The second-order valence-electron chi connectivity index (χ2n) is 4.59. The maximum absolute atomic E-state index is 12.1. The van der Waals surface area contributed by atoms with E-state index in [9.17, 15) is 9.59 Å². The van der Waals surface area contributed by atoms with E-state index in [4.69, 9.17) is 11.6 Å². The molecule has 116 valence electrons. The molecule has 0 atom stereocenters. The number of nitrogens with one attached hydrogen (secondary N) is 2. The number of thiophene rings is 1. The first-order valence-electron chi connectivity index (χ1n) is 6.51. The van der Waals surface area contributed by atoms with Crippen LogP contribution in [0.2, 0.25) is 5.02 Å². The zero-order chi connectivity index (χ0) is 16.1. The van der Waals surface area contributed by atoms with E-state index in [0.717, 1.165) is 14.9 Å². The minimum Gasteiger partial charge on any atom is -0.351 e. The summed E-state index contributed by atoms with van der Waals surface area (Å²) in [6.07, 6.45) is 0. The van der Waals surface area contributed by atoms with Gasteiger partial charge in [-0.15, -0.1) is 11.3 Å². The fourth-order valence-electron chi connectivity index (χ4n) is 1.73. The lowest BCUT2D eigenvalue weighted by molar-refractivity contribution is -0.119. The van der Waals surface area contributed by atoms with Crippen LogP contribution in [0.4, 0.5) is 0 Å². The highest BCUT2D eigenvalue weighted by atomic mass is 79.9. The summed E-state index contributed by atoms with van der Waals surface area (Å²) in [6, 6.07) is 9.12. The number of hydrogen-bond donors (Lipinski definition) is 2. The monoisotopic (exact) mass is 400 g/mol. The molecule has 2 aromatic rings. The zero-order valence-electron chi connectivity index (χ0n) is 11.8. The number of rotatable bonds is 5. The molecule has 0 bridgehead atoms. The zero-order valence-corrected chi connectivity index (χ0v) is 14.9. The number of benzene rings is 1. The minimum atomic E-state index is -0.155. The topological polar surface area (TPSA) is 58.2 Å². The highest BCUT2D eigenvalue weighted by Gasteiger charge is 2.10. The van der Waals surface area contributed by atoms with E-state index in [1.165, 1.54) is 18.3 Å². The third kappa shape index (κ3) is 4.83. The van der Waals surface area contributed by atoms with Gasteiger partial charge >= 0.3 is 0 Å². The van der Waals surface area contributed by atoms with Gasteiger partial charge in [0.1, 0.15) is 0 Å². The predicted molar refractivity (Wildman–Crippen MR) is 92.2 cm³/mol. The van der Waals surface area contributed by atoms with Gasteiger partial charge in [-0.25, -0.2) is 0 Å². The predicted octanol–water partition coefficient (Wildman–Crippen LogP) is 3.73. The maximum Gasteiger partial charge on any atom is 0.261 e. The number of amides is 2. The van der Waals surface area contributed by atoms with E-state index in [1.54, 1.807) is 12.1 Å². The molecular weight excluding hydrogens is 388 g/mol. The highest BCUT2D eigenvalue weighted by Crippen LogP contribution is 2.21. The van der Waals surface area contributed by atoms with Gasteiger partial charge in [-0.3, -0.25) is 9.59 Å². The highest BCUT2D eigenvalue weighted by molar-refractivity contribution is 9.10. The number of carbonyl (C=O) groups excluding carboxylic acids is 2.